The summed E-state index contributed by atoms with van der Waals surface area (Å²) in [6.07, 6.45) is 5.57. The SMILES string of the molecule is CC(=O)N1C=Cc2ccccc2C1CC(=O)Nc1ccc(N2CCOCC2)cn1. The Labute approximate surface area is 170 Å². The average Bonchev–Trinajstić information content (AvgIpc) is 2.75. The first kappa shape index (κ1) is 19.1. The third-order valence-electron chi connectivity index (χ3n) is 5.24. The molecule has 7 nitrogen and oxygen atoms in total. The lowest BCUT2D eigenvalue weighted by atomic mass is 9.93. The lowest BCUT2D eigenvalue weighted by molar-refractivity contribution is -0.129. The van der Waals surface area contributed by atoms with Gasteiger partial charge >= 0.3 is 0 Å². The molecular weight excluding hydrogens is 368 g/mol. The topological polar surface area (TPSA) is 74.8 Å². The number of hydrogen-bond acceptors (Lipinski definition) is 5. The van der Waals surface area contributed by atoms with Gasteiger partial charge in [-0.25, -0.2) is 4.98 Å². The molecule has 3 heterocycles. The molecule has 2 amide bonds. The second kappa shape index (κ2) is 8.45. The van der Waals surface area contributed by atoms with Gasteiger partial charge in [0, 0.05) is 26.2 Å². The third-order valence-corrected chi connectivity index (χ3v) is 5.24. The van der Waals surface area contributed by atoms with E-state index in [2.05, 4.69) is 15.2 Å². The first-order valence-corrected chi connectivity index (χ1v) is 9.76. The van der Waals surface area contributed by atoms with Crippen LogP contribution in [0.2, 0.25) is 0 Å². The zero-order valence-corrected chi connectivity index (χ0v) is 16.4. The highest BCUT2D eigenvalue weighted by atomic mass is 16.5. The molecule has 0 spiro atoms. The van der Waals surface area contributed by atoms with Gasteiger partial charge in [-0.3, -0.25) is 9.59 Å². The van der Waals surface area contributed by atoms with Gasteiger partial charge in [0.1, 0.15) is 5.82 Å². The normalized spacial score (nSPS) is 18.3. The monoisotopic (exact) mass is 392 g/mol. The van der Waals surface area contributed by atoms with Crippen molar-refractivity contribution >= 4 is 29.4 Å². The molecule has 0 radical (unpaired) electrons. The molecule has 29 heavy (non-hydrogen) atoms. The van der Waals surface area contributed by atoms with Crippen LogP contribution in [-0.4, -0.2) is 48.0 Å². The summed E-state index contributed by atoms with van der Waals surface area (Å²) in [6.45, 7) is 4.60. The van der Waals surface area contributed by atoms with Crippen molar-refractivity contribution in [1.82, 2.24) is 9.88 Å². The molecule has 0 saturated carbocycles. The van der Waals surface area contributed by atoms with E-state index in [0.29, 0.717) is 19.0 Å². The number of carbonyl (C=O) groups excluding carboxylic acids is 2. The van der Waals surface area contributed by atoms with Gasteiger partial charge in [-0.1, -0.05) is 24.3 Å². The molecule has 2 aliphatic rings. The summed E-state index contributed by atoms with van der Waals surface area (Å²) >= 11 is 0. The van der Waals surface area contributed by atoms with Crippen LogP contribution in [0, 0.1) is 0 Å². The molecule has 1 N–H and O–H groups in total. The summed E-state index contributed by atoms with van der Waals surface area (Å²) in [4.78, 5) is 33.0. The minimum absolute atomic E-state index is 0.0958. The Kier molecular flexibility index (Phi) is 5.57. The molecule has 1 aromatic heterocycles. The predicted octanol–water partition coefficient (Wildman–Crippen LogP) is 2.82. The van der Waals surface area contributed by atoms with E-state index in [1.807, 2.05) is 36.4 Å². The van der Waals surface area contributed by atoms with Crippen molar-refractivity contribution in [2.75, 3.05) is 36.5 Å². The summed E-state index contributed by atoms with van der Waals surface area (Å²) in [6, 6.07) is 11.2. The third kappa shape index (κ3) is 4.30. The number of carbonyl (C=O) groups is 2. The number of nitrogens with one attached hydrogen (secondary N) is 1. The largest absolute Gasteiger partial charge is 0.378 e. The molecule has 4 rings (SSSR count). The van der Waals surface area contributed by atoms with Crippen LogP contribution in [-0.2, 0) is 14.3 Å². The fraction of sp³-hybridized carbons (Fsp3) is 0.318. The molecule has 1 unspecified atom stereocenters. The number of fused-ring (bicyclic) bond motifs is 1. The molecule has 1 saturated heterocycles. The fourth-order valence-corrected chi connectivity index (χ4v) is 3.75. The van der Waals surface area contributed by atoms with E-state index >= 15 is 0 Å². The fourth-order valence-electron chi connectivity index (χ4n) is 3.75. The van der Waals surface area contributed by atoms with E-state index in [-0.39, 0.29) is 24.3 Å². The molecule has 0 aliphatic carbocycles. The van der Waals surface area contributed by atoms with Crippen LogP contribution < -0.4 is 10.2 Å². The van der Waals surface area contributed by atoms with Gasteiger partial charge in [0.05, 0.1) is 37.6 Å². The van der Waals surface area contributed by atoms with Crippen molar-refractivity contribution in [2.45, 2.75) is 19.4 Å². The highest BCUT2D eigenvalue weighted by molar-refractivity contribution is 5.91. The second-order valence-corrected chi connectivity index (χ2v) is 7.14. The Bertz CT molecular complexity index is 920. The molecule has 0 bridgehead atoms. The van der Waals surface area contributed by atoms with Gasteiger partial charge in [-0.15, -0.1) is 0 Å². The molecule has 1 atom stereocenters. The predicted molar refractivity (Wildman–Crippen MR) is 111 cm³/mol. The van der Waals surface area contributed by atoms with E-state index in [0.717, 1.165) is 29.9 Å². The van der Waals surface area contributed by atoms with E-state index < -0.39 is 0 Å². The molecule has 7 heteroatoms. The maximum absolute atomic E-state index is 12.7. The number of rotatable bonds is 4. The van der Waals surface area contributed by atoms with Crippen LogP contribution >= 0.6 is 0 Å². The summed E-state index contributed by atoms with van der Waals surface area (Å²) in [5.41, 5.74) is 3.01. The summed E-state index contributed by atoms with van der Waals surface area (Å²) in [7, 11) is 0. The van der Waals surface area contributed by atoms with Crippen LogP contribution in [0.4, 0.5) is 11.5 Å². The zero-order chi connectivity index (χ0) is 20.2. The van der Waals surface area contributed by atoms with E-state index in [4.69, 9.17) is 4.74 Å². The highest BCUT2D eigenvalue weighted by Crippen LogP contribution is 2.33. The summed E-state index contributed by atoms with van der Waals surface area (Å²) < 4.78 is 5.37. The smallest absolute Gasteiger partial charge is 0.227 e. The van der Waals surface area contributed by atoms with Crippen LogP contribution in [0.3, 0.4) is 0 Å². The van der Waals surface area contributed by atoms with Gasteiger partial charge in [-0.2, -0.15) is 0 Å². The Hall–Kier alpha value is -3.19. The van der Waals surface area contributed by atoms with E-state index in [1.165, 1.54) is 6.92 Å². The molecule has 2 aliphatic heterocycles. The quantitative estimate of drug-likeness (QED) is 0.866. The van der Waals surface area contributed by atoms with Crippen LogP contribution in [0.15, 0.2) is 48.8 Å². The van der Waals surface area contributed by atoms with Gasteiger partial charge in [0.2, 0.25) is 11.8 Å². The van der Waals surface area contributed by atoms with Crippen molar-refractivity contribution in [2.24, 2.45) is 0 Å². The molecule has 2 aromatic rings. The Morgan fingerprint density at radius 2 is 1.97 bits per heavy atom. The number of benzene rings is 1. The lowest BCUT2D eigenvalue weighted by Gasteiger charge is -2.32. The van der Waals surface area contributed by atoms with Crippen LogP contribution in [0.25, 0.3) is 6.08 Å². The number of hydrogen-bond donors (Lipinski definition) is 1. The zero-order valence-electron chi connectivity index (χ0n) is 16.4. The number of amides is 2. The van der Waals surface area contributed by atoms with E-state index in [1.54, 1.807) is 23.4 Å². The van der Waals surface area contributed by atoms with Crippen molar-refractivity contribution in [3.05, 3.63) is 59.9 Å². The summed E-state index contributed by atoms with van der Waals surface area (Å²) in [5.74, 6) is 0.223. The Morgan fingerprint density at radius 3 is 2.69 bits per heavy atom. The first-order chi connectivity index (χ1) is 14.1. The standard InChI is InChI=1S/C22H24N4O3/c1-16(27)26-9-8-17-4-2-3-5-19(17)20(26)14-22(28)24-21-7-6-18(15-23-21)25-10-12-29-13-11-25/h2-9,15,20H,10-14H2,1H3,(H,23,24,28). The van der Waals surface area contributed by atoms with Gasteiger partial charge in [0.25, 0.3) is 0 Å². The highest BCUT2D eigenvalue weighted by Gasteiger charge is 2.28. The number of anilines is 2. The number of nitrogens with zero attached hydrogens (tertiary/aromatic N) is 3. The molecular formula is C22H24N4O3. The number of ether oxygens (including phenoxy) is 1. The van der Waals surface area contributed by atoms with Gasteiger partial charge in [-0.05, 0) is 29.3 Å². The van der Waals surface area contributed by atoms with Crippen molar-refractivity contribution in [3.8, 4) is 0 Å². The molecule has 1 aromatic carbocycles. The maximum atomic E-state index is 12.7. The van der Waals surface area contributed by atoms with Crippen molar-refractivity contribution < 1.29 is 14.3 Å². The van der Waals surface area contributed by atoms with Crippen LogP contribution in [0.1, 0.15) is 30.5 Å². The number of morpholine rings is 1. The van der Waals surface area contributed by atoms with Crippen LogP contribution in [0.5, 0.6) is 0 Å². The Balaban J connectivity index is 1.44. The number of aromatic nitrogens is 1. The minimum Gasteiger partial charge on any atom is -0.378 e. The maximum Gasteiger partial charge on any atom is 0.227 e. The molecule has 1 fully saturated rings. The van der Waals surface area contributed by atoms with Crippen molar-refractivity contribution in [3.63, 3.8) is 0 Å². The second-order valence-electron chi connectivity index (χ2n) is 7.14. The van der Waals surface area contributed by atoms with E-state index in [9.17, 15) is 9.59 Å². The Morgan fingerprint density at radius 1 is 1.17 bits per heavy atom. The first-order valence-electron chi connectivity index (χ1n) is 9.76. The lowest BCUT2D eigenvalue weighted by Crippen LogP contribution is -2.36. The average molecular weight is 392 g/mol. The molecule has 150 valence electrons. The van der Waals surface area contributed by atoms with Crippen molar-refractivity contribution in [1.29, 1.82) is 0 Å². The number of pyridine rings is 1. The van der Waals surface area contributed by atoms with Gasteiger partial charge in [0.15, 0.2) is 0 Å². The van der Waals surface area contributed by atoms with Gasteiger partial charge < -0.3 is 19.9 Å². The minimum atomic E-state index is -0.332. The summed E-state index contributed by atoms with van der Waals surface area (Å²) in [5, 5.41) is 2.85.